The van der Waals surface area contributed by atoms with E-state index in [0.717, 1.165) is 5.56 Å². The van der Waals surface area contributed by atoms with E-state index in [-0.39, 0.29) is 11.8 Å². The number of anilines is 1. The summed E-state index contributed by atoms with van der Waals surface area (Å²) >= 11 is 2.90. The van der Waals surface area contributed by atoms with Crippen LogP contribution in [0.25, 0.3) is 0 Å². The molecule has 4 rings (SSSR count). The van der Waals surface area contributed by atoms with Crippen molar-refractivity contribution in [3.8, 4) is 0 Å². The molecule has 5 nitrogen and oxygen atoms in total. The van der Waals surface area contributed by atoms with Gasteiger partial charge in [0.05, 0.1) is 18.9 Å². The Bertz CT molecular complexity index is 828. The average molecular weight is 428 g/mol. The first-order valence-electron chi connectivity index (χ1n) is 8.78. The third-order valence-electron chi connectivity index (χ3n) is 4.29. The first-order valence-corrected chi connectivity index (χ1v) is 9.63. The summed E-state index contributed by atoms with van der Waals surface area (Å²) in [6.45, 7) is 4.43. The summed E-state index contributed by atoms with van der Waals surface area (Å²) in [4.78, 5) is 27.7. The van der Waals surface area contributed by atoms with E-state index in [9.17, 15) is 9.59 Å². The van der Waals surface area contributed by atoms with Crippen molar-refractivity contribution in [1.82, 2.24) is 4.90 Å². The Morgan fingerprint density at radius 2 is 1.56 bits per heavy atom. The molecule has 0 atom stereocenters. The molecule has 2 amide bonds. The molecule has 1 saturated heterocycles. The van der Waals surface area contributed by atoms with E-state index in [0.29, 0.717) is 37.7 Å². The summed E-state index contributed by atoms with van der Waals surface area (Å²) in [5.74, 6) is -0.527. The van der Waals surface area contributed by atoms with Crippen LogP contribution >= 0.6 is 0 Å². The van der Waals surface area contributed by atoms with Crippen molar-refractivity contribution >= 4 is 38.0 Å². The van der Waals surface area contributed by atoms with Gasteiger partial charge in [0.15, 0.2) is 0 Å². The van der Waals surface area contributed by atoms with Gasteiger partial charge in [-0.15, -0.1) is 0 Å². The summed E-state index contributed by atoms with van der Waals surface area (Å²) in [6.07, 6.45) is 1.42. The zero-order valence-corrected chi connectivity index (χ0v) is 16.8. The Balaban J connectivity index is 0.000000253. The molecule has 27 heavy (non-hydrogen) atoms. The molecule has 0 saturated carbocycles. The second-order valence-electron chi connectivity index (χ2n) is 6.26. The number of rotatable bonds is 2. The molecule has 139 valence electrons. The van der Waals surface area contributed by atoms with Crippen LogP contribution < -0.4 is 9.36 Å². The monoisotopic (exact) mass is 429 g/mol. The Morgan fingerprint density at radius 1 is 0.926 bits per heavy atom. The van der Waals surface area contributed by atoms with Gasteiger partial charge in [0.2, 0.25) is 0 Å². The van der Waals surface area contributed by atoms with Gasteiger partial charge < -0.3 is 9.64 Å². The van der Waals surface area contributed by atoms with E-state index < -0.39 is 0 Å². The minimum absolute atomic E-state index is 0.249. The molecule has 0 N–H and O–H groups in total. The number of nitrogens with zero attached hydrogens (tertiary/aromatic N) is 2. The third kappa shape index (κ3) is 4.86. The van der Waals surface area contributed by atoms with Crippen LogP contribution in [-0.4, -0.2) is 59.0 Å². The number of carbonyl (C=O) groups is 2. The number of morpholine rings is 1. The quantitative estimate of drug-likeness (QED) is 0.538. The second-order valence-corrected chi connectivity index (χ2v) is 7.25. The molecule has 0 spiro atoms. The Labute approximate surface area is 167 Å². The van der Waals surface area contributed by atoms with E-state index in [2.05, 4.69) is 16.0 Å². The van der Waals surface area contributed by atoms with Crippen LogP contribution in [-0.2, 0) is 14.3 Å². The van der Waals surface area contributed by atoms with Gasteiger partial charge in [0, 0.05) is 19.2 Å². The van der Waals surface area contributed by atoms with Crippen LogP contribution in [0.4, 0.5) is 5.69 Å². The molecule has 2 heterocycles. The van der Waals surface area contributed by atoms with E-state index in [1.165, 1.54) is 15.4 Å². The standard InChI is InChI=1S/C15H16N2O3.C6H5Se/c1-11-2-4-12(5-3-11)17-14(18)10-13(15(17)19)16-6-8-20-9-7-16;7-6-4-2-1-3-5-6/h2-5,10H,6-9H2,1H3;1-5H. The molecule has 0 bridgehead atoms. The van der Waals surface area contributed by atoms with Gasteiger partial charge in [-0.2, -0.15) is 0 Å². The van der Waals surface area contributed by atoms with Gasteiger partial charge in [-0.25, -0.2) is 4.90 Å². The molecule has 6 heteroatoms. The van der Waals surface area contributed by atoms with Crippen LogP contribution in [0.5, 0.6) is 0 Å². The molecule has 0 aliphatic carbocycles. The number of hydrogen-bond donors (Lipinski definition) is 0. The maximum atomic E-state index is 12.5. The topological polar surface area (TPSA) is 49.9 Å². The molecule has 0 aromatic heterocycles. The fourth-order valence-corrected chi connectivity index (χ4v) is 3.18. The number of ether oxygens (including phenoxy) is 1. The van der Waals surface area contributed by atoms with E-state index in [1.807, 2.05) is 54.3 Å². The summed E-state index contributed by atoms with van der Waals surface area (Å²) in [5, 5.41) is 0. The Morgan fingerprint density at radius 3 is 2.11 bits per heavy atom. The van der Waals surface area contributed by atoms with Crippen molar-refractivity contribution < 1.29 is 14.3 Å². The normalized spacial score (nSPS) is 16.7. The molecular formula is C21H21N2O3Se. The van der Waals surface area contributed by atoms with Gasteiger partial charge in [-0.05, 0) is 19.1 Å². The zero-order chi connectivity index (χ0) is 19.2. The number of aryl methyl sites for hydroxylation is 1. The maximum absolute atomic E-state index is 12.5. The summed E-state index contributed by atoms with van der Waals surface area (Å²) in [6, 6.07) is 17.4. The molecule has 1 radical (unpaired) electrons. The molecule has 2 aromatic rings. The van der Waals surface area contributed by atoms with Gasteiger partial charge in [0.1, 0.15) is 5.70 Å². The van der Waals surface area contributed by atoms with Gasteiger partial charge in [-0.1, -0.05) is 17.7 Å². The van der Waals surface area contributed by atoms with Crippen LogP contribution in [0.2, 0.25) is 0 Å². The number of carbonyl (C=O) groups excluding carboxylic acids is 2. The SMILES string of the molecule is Cc1ccc(N2C(=O)C=C(N3CCOCC3)C2=O)cc1.[Se]c1ccccc1. The van der Waals surface area contributed by atoms with E-state index in [1.54, 1.807) is 12.1 Å². The second kappa shape index (κ2) is 9.00. The molecule has 2 aliphatic rings. The zero-order valence-electron chi connectivity index (χ0n) is 15.1. The van der Waals surface area contributed by atoms with Gasteiger partial charge >= 0.3 is 50.8 Å². The van der Waals surface area contributed by atoms with Crippen molar-refractivity contribution in [2.75, 3.05) is 31.2 Å². The molecular weight excluding hydrogens is 407 g/mol. The molecule has 2 aromatic carbocycles. The summed E-state index contributed by atoms with van der Waals surface area (Å²) in [7, 11) is 0. The predicted molar refractivity (Wildman–Crippen MR) is 106 cm³/mol. The first-order chi connectivity index (χ1) is 13.1. The number of benzene rings is 2. The van der Waals surface area contributed by atoms with E-state index in [4.69, 9.17) is 4.74 Å². The van der Waals surface area contributed by atoms with Crippen LogP contribution in [0.15, 0.2) is 66.4 Å². The van der Waals surface area contributed by atoms with Gasteiger partial charge in [0.25, 0.3) is 11.8 Å². The molecule has 0 unspecified atom stereocenters. The molecule has 1 fully saturated rings. The van der Waals surface area contributed by atoms with Crippen LogP contribution in [0, 0.1) is 6.92 Å². The average Bonchev–Trinajstić information content (AvgIpc) is 2.99. The van der Waals surface area contributed by atoms with Gasteiger partial charge in [-0.3, -0.25) is 9.59 Å². The number of amides is 2. The number of hydrogen-bond acceptors (Lipinski definition) is 4. The van der Waals surface area contributed by atoms with E-state index >= 15 is 0 Å². The van der Waals surface area contributed by atoms with Crippen LogP contribution in [0.3, 0.4) is 0 Å². The fraction of sp³-hybridized carbons (Fsp3) is 0.238. The fourth-order valence-electron chi connectivity index (χ4n) is 2.85. The van der Waals surface area contributed by atoms with Crippen molar-refractivity contribution in [1.29, 1.82) is 0 Å². The summed E-state index contributed by atoms with van der Waals surface area (Å²) < 4.78 is 6.46. The van der Waals surface area contributed by atoms with Crippen molar-refractivity contribution in [3.63, 3.8) is 0 Å². The van der Waals surface area contributed by atoms with Crippen molar-refractivity contribution in [2.45, 2.75) is 6.92 Å². The summed E-state index contributed by atoms with van der Waals surface area (Å²) in [5.41, 5.74) is 2.18. The van der Waals surface area contributed by atoms with Crippen LogP contribution in [0.1, 0.15) is 5.56 Å². The Kier molecular flexibility index (Phi) is 6.45. The Hall–Kier alpha value is -2.40. The predicted octanol–water partition coefficient (Wildman–Crippen LogP) is 1.56. The first kappa shape index (κ1) is 19.4. The van der Waals surface area contributed by atoms with Crippen molar-refractivity contribution in [3.05, 3.63) is 71.9 Å². The third-order valence-corrected chi connectivity index (χ3v) is 4.86. The molecule has 2 aliphatic heterocycles. The van der Waals surface area contributed by atoms with Crippen molar-refractivity contribution in [2.24, 2.45) is 0 Å². The number of imide groups is 1. The minimum atomic E-state index is -0.277.